The molecule has 130 valence electrons. The average Bonchev–Trinajstić information content (AvgIpc) is 2.55. The van der Waals surface area contributed by atoms with Gasteiger partial charge in [-0.1, -0.05) is 18.0 Å². The molecule has 1 heterocycles. The van der Waals surface area contributed by atoms with Crippen molar-refractivity contribution in [2.45, 2.75) is 30.2 Å². The van der Waals surface area contributed by atoms with Crippen molar-refractivity contribution in [3.63, 3.8) is 0 Å². The predicted molar refractivity (Wildman–Crippen MR) is 89.5 cm³/mol. The number of likely N-dealkylation sites (tertiary alicyclic amines) is 1. The maximum Gasteiger partial charge on any atom is 0.244 e. The summed E-state index contributed by atoms with van der Waals surface area (Å²) in [5, 5.41) is 9.72. The number of piperidine rings is 1. The zero-order valence-corrected chi connectivity index (χ0v) is 14.7. The molecule has 23 heavy (non-hydrogen) atoms. The molecule has 1 fully saturated rings. The third-order valence-corrected chi connectivity index (χ3v) is 5.78. The normalized spacial score (nSPS) is 19.7. The van der Waals surface area contributed by atoms with Crippen LogP contribution < -0.4 is 9.46 Å². The van der Waals surface area contributed by atoms with Crippen LogP contribution in [0.2, 0.25) is 5.02 Å². The van der Waals surface area contributed by atoms with Crippen LogP contribution in [0.15, 0.2) is 23.1 Å². The van der Waals surface area contributed by atoms with Gasteiger partial charge >= 0.3 is 0 Å². The number of benzene rings is 1. The van der Waals surface area contributed by atoms with Crippen LogP contribution in [0.25, 0.3) is 0 Å². The number of sulfonamides is 1. The van der Waals surface area contributed by atoms with Gasteiger partial charge in [-0.15, -0.1) is 0 Å². The van der Waals surface area contributed by atoms with E-state index in [1.54, 1.807) is 6.07 Å². The van der Waals surface area contributed by atoms with E-state index in [0.717, 1.165) is 25.8 Å². The van der Waals surface area contributed by atoms with Gasteiger partial charge in [0, 0.05) is 24.2 Å². The number of hydrogen-bond acceptors (Lipinski definition) is 5. The minimum Gasteiger partial charge on any atom is -0.495 e. The van der Waals surface area contributed by atoms with E-state index in [4.69, 9.17) is 16.3 Å². The Labute approximate surface area is 142 Å². The van der Waals surface area contributed by atoms with Gasteiger partial charge in [-0.25, -0.2) is 13.1 Å². The molecule has 0 unspecified atom stereocenters. The van der Waals surface area contributed by atoms with Crippen LogP contribution >= 0.6 is 11.6 Å². The molecule has 0 spiro atoms. The van der Waals surface area contributed by atoms with Gasteiger partial charge in [0.1, 0.15) is 10.6 Å². The Bertz CT molecular complexity index is 624. The summed E-state index contributed by atoms with van der Waals surface area (Å²) in [6.07, 6.45) is 3.13. The van der Waals surface area contributed by atoms with Gasteiger partial charge in [-0.2, -0.15) is 0 Å². The number of aliphatic hydroxyl groups is 1. The summed E-state index contributed by atoms with van der Waals surface area (Å²) in [5.41, 5.74) is 0. The summed E-state index contributed by atoms with van der Waals surface area (Å²) in [4.78, 5) is 2.16. The molecule has 2 rings (SSSR count). The lowest BCUT2D eigenvalue weighted by molar-refractivity contribution is 0.0923. The molecule has 0 amide bonds. The third-order valence-electron chi connectivity index (χ3n) is 4.07. The molecule has 0 saturated carbocycles. The fraction of sp³-hybridized carbons (Fsp3) is 0.600. The van der Waals surface area contributed by atoms with E-state index in [-0.39, 0.29) is 29.8 Å². The summed E-state index contributed by atoms with van der Waals surface area (Å²) in [6.45, 7) is 1.82. The molecule has 1 saturated heterocycles. The average molecular weight is 363 g/mol. The summed E-state index contributed by atoms with van der Waals surface area (Å²) < 4.78 is 32.6. The molecule has 0 radical (unpaired) electrons. The van der Waals surface area contributed by atoms with E-state index >= 15 is 0 Å². The van der Waals surface area contributed by atoms with Crippen molar-refractivity contribution in [1.82, 2.24) is 9.62 Å². The SMILES string of the molecule is COc1ccc(Cl)cc1S(=O)(=O)NCCN1CCCC[C@@H]1CO. The van der Waals surface area contributed by atoms with Crippen molar-refractivity contribution < 1.29 is 18.3 Å². The molecule has 6 nitrogen and oxygen atoms in total. The quantitative estimate of drug-likeness (QED) is 0.768. The number of hydrogen-bond donors (Lipinski definition) is 2. The van der Waals surface area contributed by atoms with E-state index in [9.17, 15) is 13.5 Å². The predicted octanol–water partition coefficient (Wildman–Crippen LogP) is 1.47. The molecule has 1 atom stereocenters. The van der Waals surface area contributed by atoms with Gasteiger partial charge in [0.05, 0.1) is 13.7 Å². The van der Waals surface area contributed by atoms with Crippen LogP contribution in [0, 0.1) is 0 Å². The van der Waals surface area contributed by atoms with Crippen LogP contribution in [-0.4, -0.2) is 57.8 Å². The smallest absolute Gasteiger partial charge is 0.244 e. The highest BCUT2D eigenvalue weighted by Gasteiger charge is 2.23. The Hall–Kier alpha value is -0.860. The summed E-state index contributed by atoms with van der Waals surface area (Å²) >= 11 is 5.89. The highest BCUT2D eigenvalue weighted by molar-refractivity contribution is 7.89. The standard InChI is InChI=1S/C15H23ClN2O4S/c1-22-14-6-5-12(16)10-15(14)23(20,21)17-7-9-18-8-3-2-4-13(18)11-19/h5-6,10,13,17,19H,2-4,7-9,11H2,1H3/t13-/m1/s1. The topological polar surface area (TPSA) is 78.9 Å². The van der Waals surface area contributed by atoms with Crippen molar-refractivity contribution in [3.05, 3.63) is 23.2 Å². The largest absolute Gasteiger partial charge is 0.495 e. The third kappa shape index (κ3) is 4.81. The molecular weight excluding hydrogens is 340 g/mol. The Morgan fingerprint density at radius 2 is 2.22 bits per heavy atom. The number of ether oxygens (including phenoxy) is 1. The zero-order valence-electron chi connectivity index (χ0n) is 13.2. The van der Waals surface area contributed by atoms with Gasteiger partial charge in [-0.05, 0) is 37.6 Å². The van der Waals surface area contributed by atoms with E-state index in [1.165, 1.54) is 19.2 Å². The molecule has 1 aromatic rings. The second-order valence-corrected chi connectivity index (χ2v) is 7.73. The van der Waals surface area contributed by atoms with Crippen molar-refractivity contribution >= 4 is 21.6 Å². The van der Waals surface area contributed by atoms with Crippen molar-refractivity contribution in [3.8, 4) is 5.75 Å². The molecule has 0 aromatic heterocycles. The number of halogens is 1. The molecule has 0 aliphatic carbocycles. The first-order chi connectivity index (χ1) is 11.0. The van der Waals surface area contributed by atoms with Gasteiger partial charge in [0.25, 0.3) is 0 Å². The van der Waals surface area contributed by atoms with Crippen LogP contribution in [-0.2, 0) is 10.0 Å². The van der Waals surface area contributed by atoms with Crippen molar-refractivity contribution in [2.24, 2.45) is 0 Å². The second kappa shape index (κ2) is 8.30. The number of nitrogens with zero attached hydrogens (tertiary/aromatic N) is 1. The minimum absolute atomic E-state index is 0.0323. The van der Waals surface area contributed by atoms with E-state index < -0.39 is 10.0 Å². The molecule has 8 heteroatoms. The van der Waals surface area contributed by atoms with Gasteiger partial charge < -0.3 is 9.84 Å². The second-order valence-electron chi connectivity index (χ2n) is 5.56. The fourth-order valence-corrected chi connectivity index (χ4v) is 4.27. The lowest BCUT2D eigenvalue weighted by Crippen LogP contribution is -2.45. The summed E-state index contributed by atoms with van der Waals surface area (Å²) in [7, 11) is -2.28. The highest BCUT2D eigenvalue weighted by atomic mass is 35.5. The van der Waals surface area contributed by atoms with Crippen LogP contribution in [0.3, 0.4) is 0 Å². The molecule has 0 bridgehead atoms. The van der Waals surface area contributed by atoms with Crippen LogP contribution in [0.5, 0.6) is 5.75 Å². The number of methoxy groups -OCH3 is 1. The maximum atomic E-state index is 12.4. The van der Waals surface area contributed by atoms with Crippen LogP contribution in [0.4, 0.5) is 0 Å². The lowest BCUT2D eigenvalue weighted by atomic mass is 10.0. The summed E-state index contributed by atoms with van der Waals surface area (Å²) in [6, 6.07) is 4.61. The Kier molecular flexibility index (Phi) is 6.67. The first kappa shape index (κ1) is 18.5. The maximum absolute atomic E-state index is 12.4. The Balaban J connectivity index is 2.00. The fourth-order valence-electron chi connectivity index (χ4n) is 2.82. The molecule has 2 N–H and O–H groups in total. The van der Waals surface area contributed by atoms with Crippen molar-refractivity contribution in [2.75, 3.05) is 33.4 Å². The number of rotatable bonds is 7. The number of aliphatic hydroxyl groups excluding tert-OH is 1. The minimum atomic E-state index is -3.70. The molecule has 1 aromatic carbocycles. The zero-order chi connectivity index (χ0) is 16.9. The van der Waals surface area contributed by atoms with Gasteiger partial charge in [0.15, 0.2) is 0 Å². The van der Waals surface area contributed by atoms with E-state index in [0.29, 0.717) is 11.6 Å². The first-order valence-electron chi connectivity index (χ1n) is 7.66. The monoisotopic (exact) mass is 362 g/mol. The molecular formula is C15H23ClN2O4S. The van der Waals surface area contributed by atoms with Gasteiger partial charge in [0.2, 0.25) is 10.0 Å². The van der Waals surface area contributed by atoms with Gasteiger partial charge in [-0.3, -0.25) is 4.90 Å². The highest BCUT2D eigenvalue weighted by Crippen LogP contribution is 2.26. The van der Waals surface area contributed by atoms with Crippen molar-refractivity contribution in [1.29, 1.82) is 0 Å². The Morgan fingerprint density at radius 1 is 1.43 bits per heavy atom. The van der Waals surface area contributed by atoms with E-state index in [1.807, 2.05) is 0 Å². The lowest BCUT2D eigenvalue weighted by Gasteiger charge is -2.34. The molecule has 1 aliphatic heterocycles. The number of nitrogens with one attached hydrogen (secondary N) is 1. The van der Waals surface area contributed by atoms with Crippen LogP contribution in [0.1, 0.15) is 19.3 Å². The summed E-state index contributed by atoms with van der Waals surface area (Å²) in [5.74, 6) is 0.258. The first-order valence-corrected chi connectivity index (χ1v) is 9.52. The van der Waals surface area contributed by atoms with E-state index in [2.05, 4.69) is 9.62 Å². The Morgan fingerprint density at radius 3 is 2.91 bits per heavy atom. The molecule has 1 aliphatic rings.